The molecule has 0 aromatic rings. The van der Waals surface area contributed by atoms with Crippen molar-refractivity contribution in [2.24, 2.45) is 17.8 Å². The molecule has 3 unspecified atom stereocenters. The van der Waals surface area contributed by atoms with Gasteiger partial charge in [0.25, 0.3) is 0 Å². The van der Waals surface area contributed by atoms with Crippen LogP contribution in [0, 0.1) is 17.8 Å². The highest BCUT2D eigenvalue weighted by molar-refractivity contribution is 5.69. The van der Waals surface area contributed by atoms with Gasteiger partial charge < -0.3 is 4.74 Å². The molecule has 2 aliphatic carbocycles. The van der Waals surface area contributed by atoms with Crippen molar-refractivity contribution >= 4 is 5.97 Å². The molecule has 0 N–H and O–H groups in total. The lowest BCUT2D eigenvalue weighted by atomic mass is 9.97. The fourth-order valence-corrected chi connectivity index (χ4v) is 2.88. The van der Waals surface area contributed by atoms with Gasteiger partial charge in [-0.25, -0.2) is 0 Å². The molecule has 2 saturated carbocycles. The second kappa shape index (κ2) is 3.92. The van der Waals surface area contributed by atoms with Crippen LogP contribution < -0.4 is 0 Å². The Labute approximate surface area is 86.0 Å². The van der Waals surface area contributed by atoms with Gasteiger partial charge in [-0.3, -0.25) is 4.79 Å². The summed E-state index contributed by atoms with van der Waals surface area (Å²) in [7, 11) is 0. The predicted octanol–water partition coefficient (Wildman–Crippen LogP) is 2.76. The van der Waals surface area contributed by atoms with Crippen LogP contribution in [0.25, 0.3) is 0 Å². The van der Waals surface area contributed by atoms with E-state index in [2.05, 4.69) is 13.8 Å². The molecule has 2 bridgehead atoms. The quantitative estimate of drug-likeness (QED) is 0.649. The first-order chi connectivity index (χ1) is 6.65. The minimum absolute atomic E-state index is 0.0116. The van der Waals surface area contributed by atoms with Crippen molar-refractivity contribution in [2.75, 3.05) is 0 Å². The first-order valence-corrected chi connectivity index (χ1v) is 5.84. The van der Waals surface area contributed by atoms with E-state index in [0.29, 0.717) is 18.3 Å². The van der Waals surface area contributed by atoms with Crippen molar-refractivity contribution < 1.29 is 9.53 Å². The summed E-state index contributed by atoms with van der Waals surface area (Å²) in [5.74, 6) is 1.98. The molecular weight excluding hydrogens is 176 g/mol. The molecule has 0 spiro atoms. The van der Waals surface area contributed by atoms with Gasteiger partial charge in [0.05, 0.1) is 0 Å². The lowest BCUT2D eigenvalue weighted by molar-refractivity contribution is -0.152. The third-order valence-corrected chi connectivity index (χ3v) is 3.53. The Hall–Kier alpha value is -0.530. The fraction of sp³-hybridized carbons (Fsp3) is 0.917. The molecule has 0 amide bonds. The molecule has 0 aliphatic heterocycles. The number of hydrogen-bond acceptors (Lipinski definition) is 2. The predicted molar refractivity (Wildman–Crippen MR) is 54.8 cm³/mol. The molecule has 2 aliphatic rings. The molecule has 0 radical (unpaired) electrons. The van der Waals surface area contributed by atoms with Gasteiger partial charge in [-0.15, -0.1) is 0 Å². The van der Waals surface area contributed by atoms with Crippen LogP contribution in [0.3, 0.4) is 0 Å². The van der Waals surface area contributed by atoms with Crippen molar-refractivity contribution in [2.45, 2.75) is 52.1 Å². The molecule has 3 atom stereocenters. The summed E-state index contributed by atoms with van der Waals surface area (Å²) >= 11 is 0. The molecule has 0 heterocycles. The Balaban J connectivity index is 1.78. The first kappa shape index (κ1) is 10.0. The SMILES string of the molecule is CC(C)CC(=O)OC1CC2CCC1C2. The summed E-state index contributed by atoms with van der Waals surface area (Å²) < 4.78 is 5.52. The normalized spacial score (nSPS) is 35.2. The monoisotopic (exact) mass is 196 g/mol. The third-order valence-electron chi connectivity index (χ3n) is 3.53. The van der Waals surface area contributed by atoms with Crippen molar-refractivity contribution in [3.63, 3.8) is 0 Å². The summed E-state index contributed by atoms with van der Waals surface area (Å²) in [6.45, 7) is 4.12. The molecule has 0 aromatic carbocycles. The van der Waals surface area contributed by atoms with Gasteiger partial charge in [-0.1, -0.05) is 13.8 Å². The van der Waals surface area contributed by atoms with E-state index in [1.165, 1.54) is 19.3 Å². The van der Waals surface area contributed by atoms with E-state index in [0.717, 1.165) is 12.3 Å². The Morgan fingerprint density at radius 3 is 2.64 bits per heavy atom. The molecule has 0 saturated heterocycles. The zero-order valence-corrected chi connectivity index (χ0v) is 9.16. The van der Waals surface area contributed by atoms with Gasteiger partial charge in [0.15, 0.2) is 0 Å². The molecule has 2 nitrogen and oxygen atoms in total. The standard InChI is InChI=1S/C12H20O2/c1-8(2)5-12(13)14-11-7-9-3-4-10(11)6-9/h8-11H,3-7H2,1-2H3. The van der Waals surface area contributed by atoms with E-state index in [1.54, 1.807) is 0 Å². The lowest BCUT2D eigenvalue weighted by Crippen LogP contribution is -2.24. The Kier molecular flexibility index (Phi) is 2.80. The topological polar surface area (TPSA) is 26.3 Å². The molecule has 2 fully saturated rings. The summed E-state index contributed by atoms with van der Waals surface area (Å²) in [5.41, 5.74) is 0. The van der Waals surface area contributed by atoms with E-state index >= 15 is 0 Å². The van der Waals surface area contributed by atoms with Crippen molar-refractivity contribution in [1.82, 2.24) is 0 Å². The number of carbonyl (C=O) groups excluding carboxylic acids is 1. The van der Waals surface area contributed by atoms with Crippen molar-refractivity contribution in [3.8, 4) is 0 Å². The highest BCUT2D eigenvalue weighted by Gasteiger charge is 2.41. The van der Waals surface area contributed by atoms with E-state index in [4.69, 9.17) is 4.74 Å². The van der Waals surface area contributed by atoms with Crippen LogP contribution in [0.1, 0.15) is 46.0 Å². The van der Waals surface area contributed by atoms with Gasteiger partial charge in [0, 0.05) is 6.42 Å². The van der Waals surface area contributed by atoms with Crippen LogP contribution in [0.2, 0.25) is 0 Å². The number of rotatable bonds is 3. The number of esters is 1. The second-order valence-corrected chi connectivity index (χ2v) is 5.30. The number of carbonyl (C=O) groups is 1. The lowest BCUT2D eigenvalue weighted by Gasteiger charge is -2.22. The maximum Gasteiger partial charge on any atom is 0.306 e. The maximum atomic E-state index is 11.5. The van der Waals surface area contributed by atoms with Crippen LogP contribution in [-0.4, -0.2) is 12.1 Å². The zero-order valence-electron chi connectivity index (χ0n) is 9.16. The van der Waals surface area contributed by atoms with E-state index in [1.807, 2.05) is 0 Å². The Bertz CT molecular complexity index is 222. The van der Waals surface area contributed by atoms with Crippen LogP contribution in [-0.2, 0) is 9.53 Å². The van der Waals surface area contributed by atoms with Gasteiger partial charge in [0.2, 0.25) is 0 Å². The third kappa shape index (κ3) is 2.10. The highest BCUT2D eigenvalue weighted by Crippen LogP contribution is 2.45. The molecule has 80 valence electrons. The van der Waals surface area contributed by atoms with E-state index in [9.17, 15) is 4.79 Å². The number of hydrogen-bond donors (Lipinski definition) is 0. The molecule has 14 heavy (non-hydrogen) atoms. The van der Waals surface area contributed by atoms with Gasteiger partial charge >= 0.3 is 5.97 Å². The van der Waals surface area contributed by atoms with Crippen LogP contribution >= 0.6 is 0 Å². The van der Waals surface area contributed by atoms with Gasteiger partial charge in [-0.2, -0.15) is 0 Å². The highest BCUT2D eigenvalue weighted by atomic mass is 16.5. The van der Waals surface area contributed by atoms with Crippen LogP contribution in [0.5, 0.6) is 0 Å². The Morgan fingerprint density at radius 1 is 1.36 bits per heavy atom. The maximum absolute atomic E-state index is 11.5. The van der Waals surface area contributed by atoms with Gasteiger partial charge in [-0.05, 0) is 43.4 Å². The average molecular weight is 196 g/mol. The molecule has 0 aromatic heterocycles. The number of ether oxygens (including phenoxy) is 1. The first-order valence-electron chi connectivity index (χ1n) is 5.84. The molecular formula is C12H20O2. The van der Waals surface area contributed by atoms with Gasteiger partial charge in [0.1, 0.15) is 6.10 Å². The van der Waals surface area contributed by atoms with Crippen molar-refractivity contribution in [3.05, 3.63) is 0 Å². The summed E-state index contributed by atoms with van der Waals surface area (Å²) in [4.78, 5) is 11.5. The summed E-state index contributed by atoms with van der Waals surface area (Å²) in [6, 6.07) is 0. The smallest absolute Gasteiger partial charge is 0.306 e. The van der Waals surface area contributed by atoms with Crippen molar-refractivity contribution in [1.29, 1.82) is 0 Å². The summed E-state index contributed by atoms with van der Waals surface area (Å²) in [6.07, 6.45) is 5.93. The van der Waals surface area contributed by atoms with Crippen LogP contribution in [0.4, 0.5) is 0 Å². The zero-order chi connectivity index (χ0) is 10.1. The summed E-state index contributed by atoms with van der Waals surface area (Å²) in [5, 5.41) is 0. The molecule has 2 heteroatoms. The number of fused-ring (bicyclic) bond motifs is 2. The molecule has 2 rings (SSSR count). The van der Waals surface area contributed by atoms with Crippen LogP contribution in [0.15, 0.2) is 0 Å². The Morgan fingerprint density at radius 2 is 2.14 bits per heavy atom. The van der Waals surface area contributed by atoms with E-state index < -0.39 is 0 Å². The largest absolute Gasteiger partial charge is 0.462 e. The minimum atomic E-state index is 0.0116. The van der Waals surface area contributed by atoms with E-state index in [-0.39, 0.29) is 12.1 Å². The fourth-order valence-electron chi connectivity index (χ4n) is 2.88. The minimum Gasteiger partial charge on any atom is -0.462 e. The second-order valence-electron chi connectivity index (χ2n) is 5.30. The average Bonchev–Trinajstić information content (AvgIpc) is 2.62.